The van der Waals surface area contributed by atoms with E-state index >= 15 is 0 Å². The molecule has 160 valence electrons. The van der Waals surface area contributed by atoms with Gasteiger partial charge in [-0.1, -0.05) is 24.5 Å². The Labute approximate surface area is 176 Å². The first-order valence-electron chi connectivity index (χ1n) is 10.7. The molecule has 0 bridgehead atoms. The van der Waals surface area contributed by atoms with E-state index in [1.165, 1.54) is 18.4 Å². The molecule has 1 N–H and O–H groups in total. The lowest BCUT2D eigenvalue weighted by molar-refractivity contribution is 0.175. The molecular weight excluding hydrogens is 380 g/mol. The van der Waals surface area contributed by atoms with Crippen LogP contribution in [-0.4, -0.2) is 56.9 Å². The van der Waals surface area contributed by atoms with Crippen molar-refractivity contribution in [1.29, 1.82) is 0 Å². The predicted molar refractivity (Wildman–Crippen MR) is 116 cm³/mol. The maximum Gasteiger partial charge on any atom is 0.253 e. The number of aromatic nitrogens is 5. The van der Waals surface area contributed by atoms with Gasteiger partial charge in [0, 0.05) is 12.7 Å². The van der Waals surface area contributed by atoms with E-state index in [2.05, 4.69) is 44.5 Å². The van der Waals surface area contributed by atoms with Crippen molar-refractivity contribution in [2.75, 3.05) is 26.8 Å². The van der Waals surface area contributed by atoms with E-state index in [1.54, 1.807) is 11.8 Å². The Kier molecular flexibility index (Phi) is 6.24. The second-order valence-corrected chi connectivity index (χ2v) is 8.21. The zero-order valence-electron chi connectivity index (χ0n) is 18.0. The van der Waals surface area contributed by atoms with Crippen LogP contribution in [0.4, 0.5) is 0 Å². The van der Waals surface area contributed by atoms with Crippen molar-refractivity contribution in [2.45, 2.75) is 52.1 Å². The third-order valence-corrected chi connectivity index (χ3v) is 5.93. The van der Waals surface area contributed by atoms with Gasteiger partial charge in [0.05, 0.1) is 18.7 Å². The van der Waals surface area contributed by atoms with Crippen molar-refractivity contribution in [1.82, 2.24) is 30.1 Å². The standard InChI is InChI=1S/C22H30N6O2/c1-15-12-16(2)19-17(13-15)14-18(22(29)23-19)20(27-8-6-4-5-7-9-27)21-24-25-26-28(21)10-11-30-3/h12-14,20H,4-11H2,1-3H3,(H,23,29). The summed E-state index contributed by atoms with van der Waals surface area (Å²) in [6, 6.07) is 5.95. The second kappa shape index (κ2) is 9.06. The summed E-state index contributed by atoms with van der Waals surface area (Å²) >= 11 is 0. The van der Waals surface area contributed by atoms with E-state index in [0.29, 0.717) is 24.5 Å². The number of hydrogen-bond donors (Lipinski definition) is 1. The van der Waals surface area contributed by atoms with Gasteiger partial charge in [-0.25, -0.2) is 4.68 Å². The Morgan fingerprint density at radius 1 is 1.13 bits per heavy atom. The molecule has 1 fully saturated rings. The first-order valence-corrected chi connectivity index (χ1v) is 10.7. The summed E-state index contributed by atoms with van der Waals surface area (Å²) in [4.78, 5) is 18.8. The summed E-state index contributed by atoms with van der Waals surface area (Å²) in [6.07, 6.45) is 4.65. The van der Waals surface area contributed by atoms with Crippen LogP contribution in [0.15, 0.2) is 23.0 Å². The first-order chi connectivity index (χ1) is 14.6. The molecule has 8 heteroatoms. The highest BCUT2D eigenvalue weighted by atomic mass is 16.5. The fourth-order valence-corrected chi connectivity index (χ4v) is 4.50. The minimum atomic E-state index is -0.288. The summed E-state index contributed by atoms with van der Waals surface area (Å²) in [7, 11) is 1.66. The number of pyridine rings is 1. The molecule has 0 amide bonds. The van der Waals surface area contributed by atoms with Crippen LogP contribution in [0.2, 0.25) is 0 Å². The van der Waals surface area contributed by atoms with Crippen molar-refractivity contribution in [3.63, 3.8) is 0 Å². The topological polar surface area (TPSA) is 88.9 Å². The van der Waals surface area contributed by atoms with Crippen molar-refractivity contribution >= 4 is 10.9 Å². The Bertz CT molecular complexity index is 1070. The molecule has 0 aliphatic carbocycles. The monoisotopic (exact) mass is 410 g/mol. The number of methoxy groups -OCH3 is 1. The van der Waals surface area contributed by atoms with Gasteiger partial charge >= 0.3 is 0 Å². The van der Waals surface area contributed by atoms with E-state index < -0.39 is 0 Å². The maximum atomic E-state index is 13.3. The van der Waals surface area contributed by atoms with Gasteiger partial charge in [-0.3, -0.25) is 9.69 Å². The van der Waals surface area contributed by atoms with Crippen LogP contribution >= 0.6 is 0 Å². The molecule has 2 aromatic heterocycles. The normalized spacial score (nSPS) is 16.6. The lowest BCUT2D eigenvalue weighted by Crippen LogP contribution is -2.36. The van der Waals surface area contributed by atoms with Gasteiger partial charge in [-0.05, 0) is 73.3 Å². The zero-order chi connectivity index (χ0) is 21.1. The lowest BCUT2D eigenvalue weighted by atomic mass is 10.0. The van der Waals surface area contributed by atoms with Crippen LogP contribution in [0.3, 0.4) is 0 Å². The Hall–Kier alpha value is -2.58. The Balaban J connectivity index is 1.86. The van der Waals surface area contributed by atoms with Crippen molar-refractivity contribution < 1.29 is 4.74 Å². The number of benzene rings is 1. The number of aryl methyl sites for hydroxylation is 2. The number of fused-ring (bicyclic) bond motifs is 1. The average molecular weight is 411 g/mol. The Morgan fingerprint density at radius 3 is 2.63 bits per heavy atom. The number of nitrogens with one attached hydrogen (secondary N) is 1. The molecule has 1 saturated heterocycles. The van der Waals surface area contributed by atoms with Crippen LogP contribution < -0.4 is 5.56 Å². The fraction of sp³-hybridized carbons (Fsp3) is 0.545. The highest BCUT2D eigenvalue weighted by Gasteiger charge is 2.30. The molecule has 0 spiro atoms. The largest absolute Gasteiger partial charge is 0.383 e. The van der Waals surface area contributed by atoms with E-state index in [4.69, 9.17) is 4.74 Å². The second-order valence-electron chi connectivity index (χ2n) is 8.21. The Morgan fingerprint density at radius 2 is 1.90 bits per heavy atom. The number of tetrazole rings is 1. The van der Waals surface area contributed by atoms with Gasteiger partial charge in [0.1, 0.15) is 6.04 Å². The van der Waals surface area contributed by atoms with Gasteiger partial charge in [-0.2, -0.15) is 0 Å². The molecule has 1 aliphatic rings. The number of ether oxygens (including phenoxy) is 1. The number of nitrogens with zero attached hydrogens (tertiary/aromatic N) is 5. The minimum absolute atomic E-state index is 0.0787. The minimum Gasteiger partial charge on any atom is -0.383 e. The number of rotatable bonds is 6. The number of aromatic amines is 1. The van der Waals surface area contributed by atoms with Crippen LogP contribution in [0.25, 0.3) is 10.9 Å². The SMILES string of the molecule is COCCn1nnnc1C(c1cc2cc(C)cc(C)c2[nH]c1=O)N1CCCCCC1. The number of hydrogen-bond acceptors (Lipinski definition) is 6. The van der Waals surface area contributed by atoms with Crippen LogP contribution in [-0.2, 0) is 11.3 Å². The van der Waals surface area contributed by atoms with Crippen LogP contribution in [0, 0.1) is 13.8 Å². The van der Waals surface area contributed by atoms with Gasteiger partial charge < -0.3 is 9.72 Å². The van der Waals surface area contributed by atoms with Crippen molar-refractivity contribution in [3.05, 3.63) is 51.1 Å². The molecule has 3 heterocycles. The molecule has 1 atom stereocenters. The third-order valence-electron chi connectivity index (χ3n) is 5.93. The molecule has 1 unspecified atom stereocenters. The summed E-state index contributed by atoms with van der Waals surface area (Å²) in [5, 5.41) is 13.5. The lowest BCUT2D eigenvalue weighted by Gasteiger charge is -2.29. The van der Waals surface area contributed by atoms with Gasteiger partial charge in [0.2, 0.25) is 0 Å². The van der Waals surface area contributed by atoms with E-state index in [1.807, 2.05) is 13.0 Å². The van der Waals surface area contributed by atoms with E-state index in [-0.39, 0.29) is 11.6 Å². The molecule has 1 aromatic carbocycles. The molecule has 0 radical (unpaired) electrons. The smallest absolute Gasteiger partial charge is 0.253 e. The third kappa shape index (κ3) is 4.15. The summed E-state index contributed by atoms with van der Waals surface area (Å²) in [5.41, 5.74) is 3.76. The summed E-state index contributed by atoms with van der Waals surface area (Å²) in [5.74, 6) is 0.697. The number of H-pyrrole nitrogens is 1. The molecule has 30 heavy (non-hydrogen) atoms. The highest BCUT2D eigenvalue weighted by molar-refractivity contribution is 5.83. The molecule has 0 saturated carbocycles. The maximum absolute atomic E-state index is 13.3. The van der Waals surface area contributed by atoms with E-state index in [9.17, 15) is 4.79 Å². The molecule has 3 aromatic rings. The van der Waals surface area contributed by atoms with Crippen LogP contribution in [0.1, 0.15) is 54.2 Å². The van der Waals surface area contributed by atoms with E-state index in [0.717, 1.165) is 42.4 Å². The van der Waals surface area contributed by atoms with Gasteiger partial charge in [0.15, 0.2) is 5.82 Å². The zero-order valence-corrected chi connectivity index (χ0v) is 18.0. The molecular formula is C22H30N6O2. The highest BCUT2D eigenvalue weighted by Crippen LogP contribution is 2.29. The fourth-order valence-electron chi connectivity index (χ4n) is 4.50. The van der Waals surface area contributed by atoms with Crippen molar-refractivity contribution in [2.24, 2.45) is 0 Å². The average Bonchev–Trinajstić information content (AvgIpc) is 3.00. The molecule has 1 aliphatic heterocycles. The molecule has 4 rings (SSSR count). The van der Waals surface area contributed by atoms with Gasteiger partial charge in [0.25, 0.3) is 5.56 Å². The summed E-state index contributed by atoms with van der Waals surface area (Å²) in [6.45, 7) is 7.01. The van der Waals surface area contributed by atoms with Crippen molar-refractivity contribution in [3.8, 4) is 0 Å². The van der Waals surface area contributed by atoms with Gasteiger partial charge in [-0.15, -0.1) is 5.10 Å². The molecule has 8 nitrogen and oxygen atoms in total. The predicted octanol–water partition coefficient (Wildman–Crippen LogP) is 2.74. The summed E-state index contributed by atoms with van der Waals surface area (Å²) < 4.78 is 7.00. The number of likely N-dealkylation sites (tertiary alicyclic amines) is 1. The first kappa shape index (κ1) is 20.7. The quantitative estimate of drug-likeness (QED) is 0.672. The van der Waals surface area contributed by atoms with Crippen LogP contribution in [0.5, 0.6) is 0 Å².